The van der Waals surface area contributed by atoms with Crippen molar-refractivity contribution < 1.29 is 19.2 Å². The van der Waals surface area contributed by atoms with Gasteiger partial charge in [0.2, 0.25) is 0 Å². The van der Waals surface area contributed by atoms with Crippen LogP contribution in [0.2, 0.25) is 0 Å². The number of benzene rings is 1. The number of carbonyl (C=O) groups is 1. The molecule has 0 aliphatic carbocycles. The third-order valence-electron chi connectivity index (χ3n) is 3.41. The maximum absolute atomic E-state index is 13.3. The second kappa shape index (κ2) is 5.96. The number of carboxylic acids is 1. The number of likely N-dealkylation sites (tertiary alicyclic amines) is 1. The smallest absolute Gasteiger partial charge is 0.307 e. The van der Waals surface area contributed by atoms with Crippen LogP contribution >= 0.6 is 0 Å². The lowest BCUT2D eigenvalue weighted by molar-refractivity contribution is -0.385. The summed E-state index contributed by atoms with van der Waals surface area (Å²) in [5.41, 5.74) is 0.203. The molecule has 1 heterocycles. The first kappa shape index (κ1) is 14.4. The molecule has 7 heteroatoms. The van der Waals surface area contributed by atoms with E-state index in [1.807, 2.05) is 4.90 Å². The third-order valence-corrected chi connectivity index (χ3v) is 3.41. The van der Waals surface area contributed by atoms with Crippen LogP contribution in [0.3, 0.4) is 0 Å². The van der Waals surface area contributed by atoms with Crippen LogP contribution in [0.5, 0.6) is 0 Å². The summed E-state index contributed by atoms with van der Waals surface area (Å²) in [4.78, 5) is 22.9. The number of nitro groups is 1. The second-order valence-electron chi connectivity index (χ2n) is 4.99. The molecule has 0 saturated carbocycles. The van der Waals surface area contributed by atoms with Gasteiger partial charge in [-0.05, 0) is 31.0 Å². The number of hydrogen-bond donors (Lipinski definition) is 1. The summed E-state index contributed by atoms with van der Waals surface area (Å²) in [7, 11) is 0. The van der Waals surface area contributed by atoms with Gasteiger partial charge in [-0.1, -0.05) is 0 Å². The molecule has 1 saturated heterocycles. The van der Waals surface area contributed by atoms with Crippen LogP contribution < -0.4 is 0 Å². The lowest BCUT2D eigenvalue weighted by Gasteiger charge is -2.30. The monoisotopic (exact) mass is 282 g/mol. The molecule has 0 amide bonds. The quantitative estimate of drug-likeness (QED) is 0.674. The van der Waals surface area contributed by atoms with Gasteiger partial charge in [-0.15, -0.1) is 0 Å². The molecule has 1 atom stereocenters. The molecule has 1 fully saturated rings. The van der Waals surface area contributed by atoms with Crippen molar-refractivity contribution in [2.24, 2.45) is 5.92 Å². The number of rotatable bonds is 4. The molecule has 108 valence electrons. The van der Waals surface area contributed by atoms with E-state index in [0.717, 1.165) is 12.5 Å². The first-order chi connectivity index (χ1) is 9.45. The number of aliphatic carboxylic acids is 1. The fourth-order valence-corrected chi connectivity index (χ4v) is 2.49. The Morgan fingerprint density at radius 3 is 2.90 bits per heavy atom. The first-order valence-corrected chi connectivity index (χ1v) is 6.34. The zero-order chi connectivity index (χ0) is 14.7. The number of hydrogen-bond acceptors (Lipinski definition) is 4. The minimum absolute atomic E-state index is 0.285. The number of nitrogens with zero attached hydrogens (tertiary/aromatic N) is 2. The maximum atomic E-state index is 13.3. The van der Waals surface area contributed by atoms with Crippen molar-refractivity contribution in [1.29, 1.82) is 0 Å². The van der Waals surface area contributed by atoms with Crippen molar-refractivity contribution in [1.82, 2.24) is 4.90 Å². The van der Waals surface area contributed by atoms with E-state index in [4.69, 9.17) is 5.11 Å². The summed E-state index contributed by atoms with van der Waals surface area (Å²) in [6, 6.07) is 3.45. The SMILES string of the molecule is O=C(O)C1CCCN(Cc2cc(F)cc([N+](=O)[O-])c2)C1. The summed E-state index contributed by atoms with van der Waals surface area (Å²) in [5.74, 6) is -1.91. The number of nitro benzene ring substituents is 1. The molecule has 1 N–H and O–H groups in total. The molecular formula is C13H15FN2O4. The molecule has 1 aromatic carbocycles. The molecular weight excluding hydrogens is 267 g/mol. The molecule has 1 aliphatic rings. The fraction of sp³-hybridized carbons (Fsp3) is 0.462. The average molecular weight is 282 g/mol. The zero-order valence-electron chi connectivity index (χ0n) is 10.8. The van der Waals surface area contributed by atoms with E-state index in [-0.39, 0.29) is 5.69 Å². The summed E-state index contributed by atoms with van der Waals surface area (Å²) >= 11 is 0. The highest BCUT2D eigenvalue weighted by atomic mass is 19.1. The van der Waals surface area contributed by atoms with Crippen LogP contribution in [0.4, 0.5) is 10.1 Å². The van der Waals surface area contributed by atoms with Crippen molar-refractivity contribution in [3.8, 4) is 0 Å². The van der Waals surface area contributed by atoms with Gasteiger partial charge in [-0.2, -0.15) is 0 Å². The van der Waals surface area contributed by atoms with Gasteiger partial charge in [0.25, 0.3) is 5.69 Å². The molecule has 20 heavy (non-hydrogen) atoms. The summed E-state index contributed by atoms with van der Waals surface area (Å²) in [5, 5.41) is 19.7. The third kappa shape index (κ3) is 3.51. The largest absolute Gasteiger partial charge is 0.481 e. The van der Waals surface area contributed by atoms with E-state index in [9.17, 15) is 19.3 Å². The van der Waals surface area contributed by atoms with Gasteiger partial charge in [-0.3, -0.25) is 19.8 Å². The molecule has 2 rings (SSSR count). The van der Waals surface area contributed by atoms with Crippen LogP contribution in [0.1, 0.15) is 18.4 Å². The van der Waals surface area contributed by atoms with E-state index < -0.39 is 22.6 Å². The second-order valence-corrected chi connectivity index (χ2v) is 4.99. The van der Waals surface area contributed by atoms with Crippen LogP contribution in [-0.2, 0) is 11.3 Å². The highest BCUT2D eigenvalue weighted by molar-refractivity contribution is 5.70. The van der Waals surface area contributed by atoms with Gasteiger partial charge in [0.15, 0.2) is 0 Å². The van der Waals surface area contributed by atoms with Crippen LogP contribution in [0.25, 0.3) is 0 Å². The number of piperidine rings is 1. The van der Waals surface area contributed by atoms with Gasteiger partial charge in [0, 0.05) is 19.2 Å². The number of carboxylic acid groups (broad SMARTS) is 1. The number of halogens is 1. The lowest BCUT2D eigenvalue weighted by Crippen LogP contribution is -2.38. The van der Waals surface area contributed by atoms with E-state index >= 15 is 0 Å². The molecule has 0 spiro atoms. The summed E-state index contributed by atoms with van der Waals surface area (Å²) in [6.45, 7) is 1.43. The predicted molar refractivity (Wildman–Crippen MR) is 68.7 cm³/mol. The highest BCUT2D eigenvalue weighted by Gasteiger charge is 2.25. The van der Waals surface area contributed by atoms with Gasteiger partial charge in [0.05, 0.1) is 16.9 Å². The molecule has 1 unspecified atom stereocenters. The van der Waals surface area contributed by atoms with Crippen molar-refractivity contribution >= 4 is 11.7 Å². The molecule has 1 aliphatic heterocycles. The topological polar surface area (TPSA) is 83.7 Å². The van der Waals surface area contributed by atoms with Crippen molar-refractivity contribution in [3.05, 3.63) is 39.7 Å². The van der Waals surface area contributed by atoms with Crippen molar-refractivity contribution in [2.45, 2.75) is 19.4 Å². The van der Waals surface area contributed by atoms with Crippen LogP contribution in [-0.4, -0.2) is 34.0 Å². The molecule has 6 nitrogen and oxygen atoms in total. The van der Waals surface area contributed by atoms with Gasteiger partial charge in [0.1, 0.15) is 5.82 Å². The Morgan fingerprint density at radius 2 is 2.25 bits per heavy atom. The molecule has 1 aromatic rings. The van der Waals surface area contributed by atoms with Crippen molar-refractivity contribution in [3.63, 3.8) is 0 Å². The van der Waals surface area contributed by atoms with Gasteiger partial charge >= 0.3 is 5.97 Å². The Balaban J connectivity index is 2.09. The molecule has 0 aromatic heterocycles. The van der Waals surface area contributed by atoms with Gasteiger partial charge < -0.3 is 5.11 Å². The Kier molecular flexibility index (Phi) is 4.29. The van der Waals surface area contributed by atoms with Crippen molar-refractivity contribution in [2.75, 3.05) is 13.1 Å². The Morgan fingerprint density at radius 1 is 1.50 bits per heavy atom. The standard InChI is InChI=1S/C13H15FN2O4/c14-11-4-9(5-12(6-11)16(19)20)7-15-3-1-2-10(8-15)13(17)18/h4-6,10H,1-3,7-8H2,(H,17,18). The minimum atomic E-state index is -0.833. The average Bonchev–Trinajstić information content (AvgIpc) is 2.38. The Bertz CT molecular complexity index is 535. The van der Waals surface area contributed by atoms with Crippen LogP contribution in [0, 0.1) is 21.8 Å². The number of non-ortho nitro benzene ring substituents is 1. The van der Waals surface area contributed by atoms with Gasteiger partial charge in [-0.25, -0.2) is 4.39 Å². The summed E-state index contributed by atoms with van der Waals surface area (Å²) in [6.07, 6.45) is 1.39. The van der Waals surface area contributed by atoms with E-state index in [2.05, 4.69) is 0 Å². The summed E-state index contributed by atoms with van der Waals surface area (Å²) < 4.78 is 13.3. The normalized spacial score (nSPS) is 19.8. The minimum Gasteiger partial charge on any atom is -0.481 e. The Labute approximate surface area is 115 Å². The van der Waals surface area contributed by atoms with E-state index in [0.29, 0.717) is 31.6 Å². The van der Waals surface area contributed by atoms with E-state index in [1.165, 1.54) is 12.1 Å². The molecule has 0 bridgehead atoms. The predicted octanol–water partition coefficient (Wildman–Crippen LogP) is 2.03. The highest BCUT2D eigenvalue weighted by Crippen LogP contribution is 2.21. The molecule has 0 radical (unpaired) electrons. The Hall–Kier alpha value is -2.02. The lowest BCUT2D eigenvalue weighted by atomic mass is 9.98. The fourth-order valence-electron chi connectivity index (χ4n) is 2.49. The zero-order valence-corrected chi connectivity index (χ0v) is 10.8. The van der Waals surface area contributed by atoms with Crippen LogP contribution in [0.15, 0.2) is 18.2 Å². The van der Waals surface area contributed by atoms with E-state index in [1.54, 1.807) is 0 Å². The maximum Gasteiger partial charge on any atom is 0.307 e. The first-order valence-electron chi connectivity index (χ1n) is 6.34.